The standard InChI is InChI=1S/C12H19N3O3S/c1-19(17,18)15-7-4-10(5-8-15)12(16)14-9-11-3-2-6-13-11/h2-3,6,10,13H,4-5,7-9H2,1H3,(H,14,16). The van der Waals surface area contributed by atoms with Crippen molar-refractivity contribution in [1.82, 2.24) is 14.6 Å². The SMILES string of the molecule is CS(=O)(=O)N1CCC(C(=O)NCc2ccc[nH]2)CC1. The average molecular weight is 285 g/mol. The van der Waals surface area contributed by atoms with E-state index in [-0.39, 0.29) is 11.8 Å². The first-order valence-corrected chi connectivity index (χ1v) is 8.17. The molecule has 1 aliphatic heterocycles. The number of H-pyrrole nitrogens is 1. The zero-order valence-electron chi connectivity index (χ0n) is 10.9. The highest BCUT2D eigenvalue weighted by atomic mass is 32.2. The van der Waals surface area contributed by atoms with Crippen LogP contribution in [-0.4, -0.2) is 43.0 Å². The molecule has 2 heterocycles. The van der Waals surface area contributed by atoms with Gasteiger partial charge in [-0.1, -0.05) is 0 Å². The number of aromatic nitrogens is 1. The monoisotopic (exact) mass is 285 g/mol. The normalized spacial score (nSPS) is 18.4. The number of carbonyl (C=O) groups excluding carboxylic acids is 1. The molecule has 1 aliphatic rings. The van der Waals surface area contributed by atoms with Crippen LogP contribution < -0.4 is 5.32 Å². The maximum absolute atomic E-state index is 12.0. The second-order valence-electron chi connectivity index (χ2n) is 4.85. The van der Waals surface area contributed by atoms with Crippen LogP contribution in [0.2, 0.25) is 0 Å². The fourth-order valence-corrected chi connectivity index (χ4v) is 3.13. The number of piperidine rings is 1. The van der Waals surface area contributed by atoms with Crippen LogP contribution >= 0.6 is 0 Å². The molecule has 1 fully saturated rings. The number of rotatable bonds is 4. The molecule has 7 heteroatoms. The number of carbonyl (C=O) groups is 1. The van der Waals surface area contributed by atoms with Crippen molar-refractivity contribution < 1.29 is 13.2 Å². The van der Waals surface area contributed by atoms with Gasteiger partial charge in [-0.15, -0.1) is 0 Å². The molecule has 1 amide bonds. The third-order valence-electron chi connectivity index (χ3n) is 3.41. The Bertz CT molecular complexity index is 516. The van der Waals surface area contributed by atoms with Gasteiger partial charge in [0.25, 0.3) is 0 Å². The first-order chi connectivity index (χ1) is 8.97. The predicted molar refractivity (Wildman–Crippen MR) is 71.8 cm³/mol. The number of nitrogens with one attached hydrogen (secondary N) is 2. The summed E-state index contributed by atoms with van der Waals surface area (Å²) >= 11 is 0. The zero-order chi connectivity index (χ0) is 13.9. The number of hydrogen-bond acceptors (Lipinski definition) is 3. The molecular weight excluding hydrogens is 266 g/mol. The van der Waals surface area contributed by atoms with Crippen molar-refractivity contribution in [2.75, 3.05) is 19.3 Å². The van der Waals surface area contributed by atoms with Gasteiger partial charge in [0, 0.05) is 30.9 Å². The Morgan fingerprint density at radius 2 is 2.16 bits per heavy atom. The Hall–Kier alpha value is -1.34. The Balaban J connectivity index is 1.79. The van der Waals surface area contributed by atoms with Crippen molar-refractivity contribution in [2.45, 2.75) is 19.4 Å². The summed E-state index contributed by atoms with van der Waals surface area (Å²) in [5.41, 5.74) is 0.960. The minimum Gasteiger partial charge on any atom is -0.364 e. The van der Waals surface area contributed by atoms with Gasteiger partial charge in [-0.2, -0.15) is 0 Å². The molecule has 0 unspecified atom stereocenters. The Kier molecular flexibility index (Phi) is 4.26. The highest BCUT2D eigenvalue weighted by Gasteiger charge is 2.28. The lowest BCUT2D eigenvalue weighted by molar-refractivity contribution is -0.126. The van der Waals surface area contributed by atoms with Crippen LogP contribution in [0.15, 0.2) is 18.3 Å². The smallest absolute Gasteiger partial charge is 0.223 e. The summed E-state index contributed by atoms with van der Waals surface area (Å²) < 4.78 is 24.2. The quantitative estimate of drug-likeness (QED) is 0.835. The predicted octanol–water partition coefficient (Wildman–Crippen LogP) is 0.303. The van der Waals surface area contributed by atoms with Gasteiger partial charge >= 0.3 is 0 Å². The molecule has 0 bridgehead atoms. The van der Waals surface area contributed by atoms with E-state index in [1.54, 1.807) is 0 Å². The highest BCUT2D eigenvalue weighted by molar-refractivity contribution is 7.88. The molecule has 2 rings (SSSR count). The minimum absolute atomic E-state index is 0.00255. The molecule has 19 heavy (non-hydrogen) atoms. The van der Waals surface area contributed by atoms with E-state index >= 15 is 0 Å². The molecule has 0 atom stereocenters. The lowest BCUT2D eigenvalue weighted by Gasteiger charge is -2.29. The van der Waals surface area contributed by atoms with Crippen LogP contribution in [0.1, 0.15) is 18.5 Å². The van der Waals surface area contributed by atoms with E-state index in [2.05, 4.69) is 10.3 Å². The summed E-state index contributed by atoms with van der Waals surface area (Å²) in [5, 5.41) is 2.87. The summed E-state index contributed by atoms with van der Waals surface area (Å²) in [6, 6.07) is 3.79. The molecule has 6 nitrogen and oxygen atoms in total. The number of sulfonamides is 1. The van der Waals surface area contributed by atoms with E-state index in [0.717, 1.165) is 5.69 Å². The molecule has 1 aromatic rings. The van der Waals surface area contributed by atoms with Gasteiger partial charge in [-0.3, -0.25) is 4.79 Å². The van der Waals surface area contributed by atoms with E-state index in [0.29, 0.717) is 32.5 Å². The average Bonchev–Trinajstić information content (AvgIpc) is 2.88. The molecule has 1 saturated heterocycles. The van der Waals surface area contributed by atoms with Crippen LogP contribution in [-0.2, 0) is 21.4 Å². The first kappa shape index (κ1) is 14.1. The van der Waals surface area contributed by atoms with Crippen LogP contribution in [0.5, 0.6) is 0 Å². The van der Waals surface area contributed by atoms with E-state index in [4.69, 9.17) is 0 Å². The van der Waals surface area contributed by atoms with Crippen molar-refractivity contribution >= 4 is 15.9 Å². The van der Waals surface area contributed by atoms with Gasteiger partial charge < -0.3 is 10.3 Å². The molecule has 2 N–H and O–H groups in total. The molecule has 0 radical (unpaired) electrons. The minimum atomic E-state index is -3.13. The summed E-state index contributed by atoms with van der Waals surface area (Å²) in [4.78, 5) is 15.0. The maximum Gasteiger partial charge on any atom is 0.223 e. The van der Waals surface area contributed by atoms with Crippen LogP contribution in [0, 0.1) is 5.92 Å². The Labute approximate surface area is 113 Å². The molecule has 0 saturated carbocycles. The highest BCUT2D eigenvalue weighted by Crippen LogP contribution is 2.19. The van der Waals surface area contributed by atoms with Crippen molar-refractivity contribution in [2.24, 2.45) is 5.92 Å². The van der Waals surface area contributed by atoms with Gasteiger partial charge in [0.05, 0.1) is 12.8 Å². The number of aromatic amines is 1. The first-order valence-electron chi connectivity index (χ1n) is 6.32. The van der Waals surface area contributed by atoms with Gasteiger partial charge in [0.15, 0.2) is 0 Å². The van der Waals surface area contributed by atoms with Gasteiger partial charge in [0.1, 0.15) is 0 Å². The lowest BCUT2D eigenvalue weighted by atomic mass is 9.97. The summed E-state index contributed by atoms with van der Waals surface area (Å²) in [5.74, 6) is -0.0873. The van der Waals surface area contributed by atoms with E-state index < -0.39 is 10.0 Å². The van der Waals surface area contributed by atoms with Crippen LogP contribution in [0.25, 0.3) is 0 Å². The molecule has 0 aromatic carbocycles. The molecular formula is C12H19N3O3S. The Morgan fingerprint density at radius 1 is 1.47 bits per heavy atom. The largest absolute Gasteiger partial charge is 0.364 e. The van der Waals surface area contributed by atoms with E-state index in [1.165, 1.54) is 10.6 Å². The molecule has 0 spiro atoms. The van der Waals surface area contributed by atoms with Crippen molar-refractivity contribution in [3.63, 3.8) is 0 Å². The van der Waals surface area contributed by atoms with Crippen LogP contribution in [0.4, 0.5) is 0 Å². The summed E-state index contributed by atoms with van der Waals surface area (Å²) in [6.45, 7) is 1.34. The maximum atomic E-state index is 12.0. The Morgan fingerprint density at radius 3 is 2.68 bits per heavy atom. The summed E-state index contributed by atoms with van der Waals surface area (Å²) in [6.07, 6.45) is 4.19. The topological polar surface area (TPSA) is 82.3 Å². The second kappa shape index (κ2) is 5.75. The van der Waals surface area contributed by atoms with Crippen LogP contribution in [0.3, 0.4) is 0 Å². The van der Waals surface area contributed by atoms with Gasteiger partial charge in [-0.25, -0.2) is 12.7 Å². The third-order valence-corrected chi connectivity index (χ3v) is 4.71. The van der Waals surface area contributed by atoms with Crippen molar-refractivity contribution in [3.05, 3.63) is 24.0 Å². The van der Waals surface area contributed by atoms with Gasteiger partial charge in [-0.05, 0) is 25.0 Å². The fourth-order valence-electron chi connectivity index (χ4n) is 2.25. The molecule has 1 aromatic heterocycles. The van der Waals surface area contributed by atoms with Gasteiger partial charge in [0.2, 0.25) is 15.9 Å². The second-order valence-corrected chi connectivity index (χ2v) is 6.83. The van der Waals surface area contributed by atoms with Crippen molar-refractivity contribution in [1.29, 1.82) is 0 Å². The zero-order valence-corrected chi connectivity index (χ0v) is 11.7. The lowest BCUT2D eigenvalue weighted by Crippen LogP contribution is -2.42. The molecule has 0 aliphatic carbocycles. The fraction of sp³-hybridized carbons (Fsp3) is 0.583. The number of amides is 1. The molecule has 106 valence electrons. The van der Waals surface area contributed by atoms with E-state index in [1.807, 2.05) is 18.3 Å². The third kappa shape index (κ3) is 3.81. The van der Waals surface area contributed by atoms with Crippen molar-refractivity contribution in [3.8, 4) is 0 Å². The number of hydrogen-bond donors (Lipinski definition) is 2. The van der Waals surface area contributed by atoms with E-state index in [9.17, 15) is 13.2 Å². The number of nitrogens with zero attached hydrogens (tertiary/aromatic N) is 1. The summed E-state index contributed by atoms with van der Waals surface area (Å²) in [7, 11) is -3.13.